The summed E-state index contributed by atoms with van der Waals surface area (Å²) in [5.74, 6) is -0.161. The maximum absolute atomic E-state index is 12.9. The predicted octanol–water partition coefficient (Wildman–Crippen LogP) is 5.06. The molecule has 2 aromatic carbocycles. The zero-order valence-electron chi connectivity index (χ0n) is 13.7. The molecule has 0 aliphatic carbocycles. The van der Waals surface area contributed by atoms with Crippen LogP contribution in [0.2, 0.25) is 5.02 Å². The average Bonchev–Trinajstić information content (AvgIpc) is 2.86. The van der Waals surface area contributed by atoms with Crippen LogP contribution in [0.15, 0.2) is 53.2 Å². The second-order valence-corrected chi connectivity index (χ2v) is 6.81. The van der Waals surface area contributed by atoms with E-state index in [2.05, 4.69) is 4.99 Å². The molecule has 1 aliphatic heterocycles. The molecular formula is C19H17ClN2OS. The summed E-state index contributed by atoms with van der Waals surface area (Å²) in [5.41, 5.74) is 4.25. The number of benzene rings is 2. The second-order valence-electron chi connectivity index (χ2n) is 5.63. The van der Waals surface area contributed by atoms with Crippen molar-refractivity contribution in [2.45, 2.75) is 13.8 Å². The van der Waals surface area contributed by atoms with E-state index in [1.54, 1.807) is 11.0 Å². The minimum atomic E-state index is -0.161. The number of aliphatic imine (C=N–C) groups is 1. The van der Waals surface area contributed by atoms with E-state index in [4.69, 9.17) is 11.6 Å². The van der Waals surface area contributed by atoms with Crippen molar-refractivity contribution in [2.75, 3.05) is 11.2 Å². The number of amidine groups is 1. The Bertz CT molecular complexity index is 856. The van der Waals surface area contributed by atoms with Crippen molar-refractivity contribution in [1.82, 2.24) is 0 Å². The van der Waals surface area contributed by atoms with Gasteiger partial charge in [-0.05, 0) is 49.4 Å². The van der Waals surface area contributed by atoms with E-state index in [0.29, 0.717) is 21.6 Å². The van der Waals surface area contributed by atoms with Gasteiger partial charge in [0.2, 0.25) is 0 Å². The molecule has 0 N–H and O–H groups in total. The van der Waals surface area contributed by atoms with Gasteiger partial charge in [-0.2, -0.15) is 0 Å². The van der Waals surface area contributed by atoms with Crippen molar-refractivity contribution in [3.63, 3.8) is 0 Å². The maximum atomic E-state index is 12.9. The first-order valence-corrected chi connectivity index (χ1v) is 9.11. The van der Waals surface area contributed by atoms with Gasteiger partial charge in [0.25, 0.3) is 5.91 Å². The molecule has 0 bridgehead atoms. The van der Waals surface area contributed by atoms with E-state index < -0.39 is 0 Å². The summed E-state index contributed by atoms with van der Waals surface area (Å²) < 4.78 is 0. The Morgan fingerprint density at radius 1 is 1.08 bits per heavy atom. The minimum Gasteiger partial charge on any atom is -0.266 e. The van der Waals surface area contributed by atoms with Crippen molar-refractivity contribution < 1.29 is 4.79 Å². The van der Waals surface area contributed by atoms with Crippen molar-refractivity contribution in [3.8, 4) is 0 Å². The number of carbonyl (C=O) groups is 1. The highest BCUT2D eigenvalue weighted by Gasteiger charge is 2.32. The number of halogens is 1. The van der Waals surface area contributed by atoms with E-state index >= 15 is 0 Å². The van der Waals surface area contributed by atoms with Crippen LogP contribution in [0, 0.1) is 13.8 Å². The molecule has 0 aromatic heterocycles. The molecule has 122 valence electrons. The molecule has 0 saturated heterocycles. The lowest BCUT2D eigenvalue weighted by molar-refractivity contribution is -0.113. The Kier molecular flexibility index (Phi) is 4.78. The van der Waals surface area contributed by atoms with Gasteiger partial charge in [0.15, 0.2) is 5.17 Å². The normalized spacial score (nSPS) is 16.0. The Hall–Kier alpha value is -2.04. The molecule has 0 unspecified atom stereocenters. The van der Waals surface area contributed by atoms with E-state index in [0.717, 1.165) is 11.1 Å². The molecule has 0 atom stereocenters. The van der Waals surface area contributed by atoms with Gasteiger partial charge in [-0.1, -0.05) is 59.3 Å². The smallest absolute Gasteiger partial charge is 0.266 e. The Labute approximate surface area is 151 Å². The van der Waals surface area contributed by atoms with Gasteiger partial charge in [0, 0.05) is 0 Å². The Morgan fingerprint density at radius 2 is 1.75 bits per heavy atom. The van der Waals surface area contributed by atoms with E-state index in [1.807, 2.05) is 62.6 Å². The molecule has 3 rings (SSSR count). The first kappa shape index (κ1) is 16.8. The molecule has 3 nitrogen and oxygen atoms in total. The summed E-state index contributed by atoms with van der Waals surface area (Å²) in [6.45, 7) is 4.00. The summed E-state index contributed by atoms with van der Waals surface area (Å²) in [6, 6.07) is 13.6. The van der Waals surface area contributed by atoms with Crippen molar-refractivity contribution in [3.05, 3.63) is 69.9 Å². The lowest BCUT2D eigenvalue weighted by Gasteiger charge is -2.18. The Morgan fingerprint density at radius 3 is 2.38 bits per heavy atom. The number of thioether (sulfide) groups is 1. The zero-order chi connectivity index (χ0) is 17.3. The van der Waals surface area contributed by atoms with Crippen LogP contribution in [0.1, 0.15) is 16.7 Å². The fourth-order valence-electron chi connectivity index (χ4n) is 2.46. The highest BCUT2D eigenvalue weighted by Crippen LogP contribution is 2.33. The zero-order valence-corrected chi connectivity index (χ0v) is 15.3. The van der Waals surface area contributed by atoms with Gasteiger partial charge in [-0.15, -0.1) is 0 Å². The lowest BCUT2D eigenvalue weighted by Crippen LogP contribution is -2.30. The molecule has 0 saturated carbocycles. The third-order valence-corrected chi connectivity index (χ3v) is 4.68. The number of nitrogens with zero attached hydrogens (tertiary/aromatic N) is 2. The van der Waals surface area contributed by atoms with E-state index in [9.17, 15) is 4.79 Å². The average molecular weight is 357 g/mol. The van der Waals surface area contributed by atoms with Gasteiger partial charge in [-0.25, -0.2) is 4.99 Å². The van der Waals surface area contributed by atoms with Crippen molar-refractivity contribution in [1.29, 1.82) is 0 Å². The fourth-order valence-corrected chi connectivity index (χ4v) is 3.33. The third-order valence-electron chi connectivity index (χ3n) is 3.74. The number of hydrogen-bond acceptors (Lipinski definition) is 3. The van der Waals surface area contributed by atoms with Crippen LogP contribution in [-0.2, 0) is 4.79 Å². The number of amides is 1. The first-order valence-electron chi connectivity index (χ1n) is 7.51. The van der Waals surface area contributed by atoms with Crippen molar-refractivity contribution in [2.24, 2.45) is 4.99 Å². The SMILES string of the molecule is CSC1=NC(=Cc2ccc(C)cc2)C(=O)N1c1ccc(C)cc1Cl. The number of rotatable bonds is 2. The summed E-state index contributed by atoms with van der Waals surface area (Å²) >= 11 is 7.77. The molecule has 0 fully saturated rings. The van der Waals surface area contributed by atoms with E-state index in [-0.39, 0.29) is 5.91 Å². The Balaban J connectivity index is 2.00. The molecular weight excluding hydrogens is 340 g/mol. The summed E-state index contributed by atoms with van der Waals surface area (Å²) in [6.07, 6.45) is 3.70. The maximum Gasteiger partial charge on any atom is 0.283 e. The number of carbonyl (C=O) groups excluding carboxylic acids is 1. The molecule has 1 amide bonds. The molecule has 1 heterocycles. The number of hydrogen-bond donors (Lipinski definition) is 0. The van der Waals surface area contributed by atoms with Crippen LogP contribution in [0.25, 0.3) is 6.08 Å². The quantitative estimate of drug-likeness (QED) is 0.704. The largest absolute Gasteiger partial charge is 0.283 e. The molecule has 0 radical (unpaired) electrons. The highest BCUT2D eigenvalue weighted by atomic mass is 35.5. The standard InChI is InChI=1S/C19H17ClN2OS/c1-12-4-7-14(8-5-12)11-16-18(23)22(19(21-16)24-3)17-9-6-13(2)10-15(17)20/h4-11H,1-3H3. The molecule has 0 spiro atoms. The topological polar surface area (TPSA) is 32.7 Å². The molecule has 24 heavy (non-hydrogen) atoms. The van der Waals surface area contributed by atoms with E-state index in [1.165, 1.54) is 17.3 Å². The van der Waals surface area contributed by atoms with Crippen LogP contribution in [0.3, 0.4) is 0 Å². The minimum absolute atomic E-state index is 0.161. The monoisotopic (exact) mass is 356 g/mol. The molecule has 1 aliphatic rings. The van der Waals surface area contributed by atoms with Gasteiger partial charge in [-0.3, -0.25) is 9.69 Å². The lowest BCUT2D eigenvalue weighted by atomic mass is 10.1. The van der Waals surface area contributed by atoms with Crippen LogP contribution >= 0.6 is 23.4 Å². The van der Waals surface area contributed by atoms with Crippen molar-refractivity contribution >= 4 is 46.2 Å². The van der Waals surface area contributed by atoms with Crippen LogP contribution < -0.4 is 4.90 Å². The van der Waals surface area contributed by atoms with Crippen LogP contribution in [0.4, 0.5) is 5.69 Å². The summed E-state index contributed by atoms with van der Waals surface area (Å²) in [5, 5.41) is 1.17. The molecule has 5 heteroatoms. The van der Waals surface area contributed by atoms with Gasteiger partial charge in [0.05, 0.1) is 10.7 Å². The van der Waals surface area contributed by atoms with Crippen LogP contribution in [0.5, 0.6) is 0 Å². The second kappa shape index (κ2) is 6.83. The summed E-state index contributed by atoms with van der Waals surface area (Å²) in [7, 11) is 0. The van der Waals surface area contributed by atoms with Crippen LogP contribution in [-0.4, -0.2) is 17.3 Å². The number of anilines is 1. The third kappa shape index (κ3) is 3.25. The predicted molar refractivity (Wildman–Crippen MR) is 104 cm³/mol. The molecule has 2 aromatic rings. The highest BCUT2D eigenvalue weighted by molar-refractivity contribution is 8.13. The van der Waals surface area contributed by atoms with Gasteiger partial charge >= 0.3 is 0 Å². The summed E-state index contributed by atoms with van der Waals surface area (Å²) in [4.78, 5) is 18.9. The number of aryl methyl sites for hydroxylation is 2. The first-order chi connectivity index (χ1) is 11.5. The van der Waals surface area contributed by atoms with Gasteiger partial charge in [0.1, 0.15) is 5.70 Å². The van der Waals surface area contributed by atoms with Gasteiger partial charge < -0.3 is 0 Å². The fraction of sp³-hybridized carbons (Fsp3) is 0.158.